The van der Waals surface area contributed by atoms with Crippen LogP contribution in [0.5, 0.6) is 0 Å². The summed E-state index contributed by atoms with van der Waals surface area (Å²) in [6.45, 7) is 1.21. The Hall–Kier alpha value is -2.94. The molecule has 1 unspecified atom stereocenters. The lowest BCUT2D eigenvalue weighted by Crippen LogP contribution is -2.53. The maximum atomic E-state index is 13.2. The number of aromatic nitrogens is 4. The summed E-state index contributed by atoms with van der Waals surface area (Å²) in [6, 6.07) is 11.6. The average molecular weight is 424 g/mol. The van der Waals surface area contributed by atoms with E-state index in [2.05, 4.69) is 20.8 Å². The van der Waals surface area contributed by atoms with Gasteiger partial charge in [-0.1, -0.05) is 23.7 Å². The first-order valence-corrected chi connectivity index (χ1v) is 8.94. The van der Waals surface area contributed by atoms with E-state index in [-0.39, 0.29) is 5.56 Å². The molecular weight excluding hydrogens is 407 g/mol. The number of rotatable bonds is 6. The molecule has 6 nitrogen and oxygen atoms in total. The van der Waals surface area contributed by atoms with Crippen molar-refractivity contribution in [2.75, 3.05) is 6.67 Å². The minimum absolute atomic E-state index is 0.0580. The molecule has 1 N–H and O–H groups in total. The number of tetrazole rings is 1. The Morgan fingerprint density at radius 3 is 2.45 bits per heavy atom. The first-order chi connectivity index (χ1) is 13.7. The van der Waals surface area contributed by atoms with Crippen LogP contribution in [0.15, 0.2) is 42.5 Å². The Morgan fingerprint density at radius 1 is 1.21 bits per heavy atom. The highest BCUT2D eigenvalue weighted by Gasteiger charge is 2.37. The van der Waals surface area contributed by atoms with Crippen molar-refractivity contribution in [2.24, 2.45) is 0 Å². The number of benzene rings is 2. The summed E-state index contributed by atoms with van der Waals surface area (Å²) in [6.07, 6.45) is -3.07. The number of alkyl halides is 3. The van der Waals surface area contributed by atoms with E-state index >= 15 is 0 Å². The predicted octanol–water partition coefficient (Wildman–Crippen LogP) is 4.01. The van der Waals surface area contributed by atoms with Gasteiger partial charge in [-0.25, -0.2) is 13.2 Å². The summed E-state index contributed by atoms with van der Waals surface area (Å²) in [5.41, 5.74) is -0.443. The zero-order valence-corrected chi connectivity index (χ0v) is 16.3. The van der Waals surface area contributed by atoms with Gasteiger partial charge in [0, 0.05) is 10.6 Å². The number of hydrogen-bond donors (Lipinski definition) is 1. The molecule has 1 atom stereocenters. The van der Waals surface area contributed by atoms with Crippen molar-refractivity contribution < 1.29 is 18.0 Å². The number of amides is 1. The highest BCUT2D eigenvalue weighted by Crippen LogP contribution is 2.26. The Bertz CT molecular complexity index is 1020. The fourth-order valence-electron chi connectivity index (χ4n) is 2.62. The zero-order valence-electron chi connectivity index (χ0n) is 15.5. The first-order valence-electron chi connectivity index (χ1n) is 8.56. The van der Waals surface area contributed by atoms with Gasteiger partial charge in [0.25, 0.3) is 12.3 Å². The van der Waals surface area contributed by atoms with Gasteiger partial charge in [0.15, 0.2) is 5.82 Å². The van der Waals surface area contributed by atoms with Crippen molar-refractivity contribution in [3.63, 3.8) is 0 Å². The summed E-state index contributed by atoms with van der Waals surface area (Å²) in [5.74, 6) is -0.376. The van der Waals surface area contributed by atoms with E-state index in [0.29, 0.717) is 22.1 Å². The topological polar surface area (TPSA) is 72.7 Å². The summed E-state index contributed by atoms with van der Waals surface area (Å²) < 4.78 is 41.0. The number of nitrogens with one attached hydrogen (secondary N) is 1. The third-order valence-corrected chi connectivity index (χ3v) is 4.64. The van der Waals surface area contributed by atoms with Crippen LogP contribution in [-0.2, 0) is 0 Å². The van der Waals surface area contributed by atoms with Crippen LogP contribution >= 0.6 is 11.6 Å². The van der Waals surface area contributed by atoms with Gasteiger partial charge in [0.2, 0.25) is 0 Å². The molecule has 0 saturated carbocycles. The van der Waals surface area contributed by atoms with Gasteiger partial charge in [-0.3, -0.25) is 4.79 Å². The average Bonchev–Trinajstić information content (AvgIpc) is 3.13. The molecule has 0 fully saturated rings. The second-order valence-corrected chi connectivity index (χ2v) is 7.16. The van der Waals surface area contributed by atoms with E-state index in [9.17, 15) is 18.0 Å². The maximum absolute atomic E-state index is 13.2. The Kier molecular flexibility index (Phi) is 5.88. The monoisotopic (exact) mass is 423 g/mol. The Balaban J connectivity index is 2.08. The number of aryl methyl sites for hydroxylation is 1. The smallest absolute Gasteiger partial charge is 0.263 e. The second kappa shape index (κ2) is 8.20. The van der Waals surface area contributed by atoms with E-state index in [1.165, 1.54) is 16.8 Å². The van der Waals surface area contributed by atoms with Crippen LogP contribution in [0.25, 0.3) is 16.8 Å². The number of hydrogen-bond acceptors (Lipinski definition) is 4. The van der Waals surface area contributed by atoms with Crippen LogP contribution < -0.4 is 5.32 Å². The minimum Gasteiger partial charge on any atom is -0.339 e. The van der Waals surface area contributed by atoms with Crippen molar-refractivity contribution in [1.29, 1.82) is 0 Å². The third-order valence-electron chi connectivity index (χ3n) is 4.39. The summed E-state index contributed by atoms with van der Waals surface area (Å²) in [5, 5.41) is 13.9. The Labute approximate surface area is 169 Å². The van der Waals surface area contributed by atoms with E-state index < -0.39 is 24.5 Å². The molecular formula is C19H17ClF3N5O. The van der Waals surface area contributed by atoms with Gasteiger partial charge in [0.1, 0.15) is 12.2 Å². The molecule has 0 spiro atoms. The van der Waals surface area contributed by atoms with Crippen molar-refractivity contribution in [3.05, 3.63) is 58.9 Å². The minimum atomic E-state index is -3.07. The van der Waals surface area contributed by atoms with Gasteiger partial charge < -0.3 is 5.32 Å². The van der Waals surface area contributed by atoms with Crippen molar-refractivity contribution in [1.82, 2.24) is 25.5 Å². The van der Waals surface area contributed by atoms with Gasteiger partial charge in [-0.05, 0) is 65.7 Å². The maximum Gasteiger partial charge on any atom is 0.263 e. The highest BCUT2D eigenvalue weighted by molar-refractivity contribution is 6.30. The molecule has 2 aromatic carbocycles. The summed E-state index contributed by atoms with van der Waals surface area (Å²) in [7, 11) is 0. The van der Waals surface area contributed by atoms with E-state index in [4.69, 9.17) is 11.6 Å². The molecule has 0 bridgehead atoms. The number of carbonyl (C=O) groups is 1. The van der Waals surface area contributed by atoms with Crippen LogP contribution in [0.1, 0.15) is 23.1 Å². The zero-order chi connectivity index (χ0) is 21.2. The Morgan fingerprint density at radius 2 is 1.90 bits per heavy atom. The molecule has 0 radical (unpaired) electrons. The lowest BCUT2D eigenvalue weighted by atomic mass is 10.00. The quantitative estimate of drug-likeness (QED) is 0.650. The van der Waals surface area contributed by atoms with Crippen molar-refractivity contribution in [2.45, 2.75) is 25.8 Å². The van der Waals surface area contributed by atoms with Crippen LogP contribution in [0.3, 0.4) is 0 Å². The highest BCUT2D eigenvalue weighted by atomic mass is 35.5. The molecule has 29 heavy (non-hydrogen) atoms. The van der Waals surface area contributed by atoms with Gasteiger partial charge in [0.05, 0.1) is 5.69 Å². The number of halogens is 4. The van der Waals surface area contributed by atoms with Crippen LogP contribution in [-0.4, -0.2) is 44.8 Å². The normalized spacial score (nSPS) is 13.3. The molecule has 3 aromatic rings. The SMILES string of the molecule is Cc1nnnn1-c1cc(C(=O)NC(C)(CF)C(F)F)cc(-c2ccc(Cl)cc2)c1. The molecule has 1 heterocycles. The lowest BCUT2D eigenvalue weighted by Gasteiger charge is -2.26. The van der Waals surface area contributed by atoms with Crippen LogP contribution in [0.4, 0.5) is 13.2 Å². The molecule has 1 amide bonds. The molecule has 1 aromatic heterocycles. The summed E-state index contributed by atoms with van der Waals surface area (Å²) >= 11 is 5.93. The molecule has 152 valence electrons. The number of carbonyl (C=O) groups excluding carboxylic acids is 1. The van der Waals surface area contributed by atoms with Crippen molar-refractivity contribution in [3.8, 4) is 16.8 Å². The largest absolute Gasteiger partial charge is 0.339 e. The van der Waals surface area contributed by atoms with Gasteiger partial charge in [-0.2, -0.15) is 4.68 Å². The van der Waals surface area contributed by atoms with Crippen LogP contribution in [0, 0.1) is 6.92 Å². The predicted molar refractivity (Wildman–Crippen MR) is 102 cm³/mol. The first kappa shape index (κ1) is 20.8. The molecule has 0 aliphatic heterocycles. The van der Waals surface area contributed by atoms with Gasteiger partial charge >= 0.3 is 0 Å². The lowest BCUT2D eigenvalue weighted by molar-refractivity contribution is 0.0239. The molecule has 3 rings (SSSR count). The molecule has 0 saturated heterocycles. The van der Waals surface area contributed by atoms with Crippen molar-refractivity contribution >= 4 is 17.5 Å². The second-order valence-electron chi connectivity index (χ2n) is 6.72. The molecule has 0 aliphatic carbocycles. The van der Waals surface area contributed by atoms with E-state index in [1.807, 2.05) is 0 Å². The molecule has 0 aliphatic rings. The van der Waals surface area contributed by atoms with E-state index in [1.54, 1.807) is 37.3 Å². The summed E-state index contributed by atoms with van der Waals surface area (Å²) in [4.78, 5) is 12.7. The molecule has 10 heteroatoms. The fraction of sp³-hybridized carbons (Fsp3) is 0.263. The standard InChI is InChI=1S/C19H17ClF3N5O/c1-11-25-26-27-28(11)16-8-13(12-3-5-15(20)6-4-12)7-14(9-16)17(29)24-19(2,10-21)18(22)23/h3-9,18H,10H2,1-2H3,(H,24,29). The van der Waals surface area contributed by atoms with Crippen LogP contribution in [0.2, 0.25) is 5.02 Å². The fourth-order valence-corrected chi connectivity index (χ4v) is 2.75. The van der Waals surface area contributed by atoms with E-state index in [0.717, 1.165) is 12.5 Å². The van der Waals surface area contributed by atoms with Gasteiger partial charge in [-0.15, -0.1) is 5.10 Å². The third kappa shape index (κ3) is 4.40. The number of nitrogens with zero attached hydrogens (tertiary/aromatic N) is 4.